The molecule has 4 rings (SSSR count). The number of fused-ring (bicyclic) bond motifs is 1. The molecule has 3 aromatic rings. The summed E-state index contributed by atoms with van der Waals surface area (Å²) in [6.45, 7) is 22.2. The number of likely N-dealkylation sites (tertiary alicyclic amines) is 1. The van der Waals surface area contributed by atoms with Crippen LogP contribution in [0.3, 0.4) is 0 Å². The topological polar surface area (TPSA) is 51.6 Å². The first-order chi connectivity index (χ1) is 22.0. The molecule has 2 aromatic carbocycles. The second-order valence-corrected chi connectivity index (χ2v) is 10.4. The number of aryl methyl sites for hydroxylation is 2. The number of aliphatic hydroxyl groups is 1. The predicted octanol–water partition coefficient (Wildman–Crippen LogP) is 10.9. The van der Waals surface area contributed by atoms with Gasteiger partial charge in [-0.15, -0.1) is 0 Å². The van der Waals surface area contributed by atoms with E-state index in [2.05, 4.69) is 55.5 Å². The van der Waals surface area contributed by atoms with E-state index in [-0.39, 0.29) is 6.61 Å². The van der Waals surface area contributed by atoms with Crippen LogP contribution in [0.15, 0.2) is 71.5 Å². The smallest absolute Gasteiger partial charge is 0.392 e. The fraction of sp³-hybridized carbons (Fsp3) is 0.447. The Morgan fingerprint density at radius 3 is 2.17 bits per heavy atom. The first-order valence-corrected chi connectivity index (χ1v) is 16.3. The molecule has 0 aliphatic carbocycles. The van der Waals surface area contributed by atoms with E-state index in [1.807, 2.05) is 39.5 Å². The van der Waals surface area contributed by atoms with Crippen molar-refractivity contribution in [2.45, 2.75) is 101 Å². The van der Waals surface area contributed by atoms with Crippen LogP contribution in [0.1, 0.15) is 96.0 Å². The standard InChI is InChI=1S/C23H25F4N3O.C11H16.2C2H6/c1-4-18(23(25,26)27)11-29-15(3)30-9-5-6-16(12-30)14(2)21-19-7-8-28-22(19)17(13-31)10-20(21)24;1-4-10-7-6-8-11(5-2)9(10)3;2*1-2/h4,7-8,10-11,28,31H,1,5-6,9,12-13H2,2-3H3;6-8H,4-5H2,1-3H3;2*1-2H3/b16-14-,18-11+,29-15?;;;. The van der Waals surface area contributed by atoms with Crippen LogP contribution in [-0.4, -0.2) is 40.1 Å². The zero-order valence-electron chi connectivity index (χ0n) is 29.1. The summed E-state index contributed by atoms with van der Waals surface area (Å²) >= 11 is 0. The van der Waals surface area contributed by atoms with E-state index in [1.165, 1.54) is 22.8 Å². The fourth-order valence-electron chi connectivity index (χ4n) is 5.40. The molecule has 1 saturated heterocycles. The highest BCUT2D eigenvalue weighted by molar-refractivity contribution is 5.95. The lowest BCUT2D eigenvalue weighted by Crippen LogP contribution is -2.35. The molecule has 1 fully saturated rings. The van der Waals surface area contributed by atoms with E-state index in [1.54, 1.807) is 19.2 Å². The number of alkyl halides is 3. The molecule has 2 N–H and O–H groups in total. The Morgan fingerprint density at radius 2 is 1.65 bits per heavy atom. The SMILES string of the molecule is C=C/C(=C\N=C(C)N1CCC/C(=C(\C)c2c(F)cc(CO)c3[nH]ccc23)C1)C(F)(F)F.CC.CC.CCc1cccc(CC)c1C. The van der Waals surface area contributed by atoms with Gasteiger partial charge in [0.05, 0.1) is 17.7 Å². The number of halogens is 4. The van der Waals surface area contributed by atoms with Crippen LogP contribution in [0, 0.1) is 12.7 Å². The number of aromatic amines is 1. The Labute approximate surface area is 273 Å². The molecule has 0 unspecified atom stereocenters. The molecule has 8 heteroatoms. The van der Waals surface area contributed by atoms with Crippen LogP contribution in [0.4, 0.5) is 17.6 Å². The number of rotatable bonds is 6. The highest BCUT2D eigenvalue weighted by Gasteiger charge is 2.31. The summed E-state index contributed by atoms with van der Waals surface area (Å²) in [7, 11) is 0. The average Bonchev–Trinajstić information content (AvgIpc) is 3.56. The van der Waals surface area contributed by atoms with Gasteiger partial charge in [-0.25, -0.2) is 9.38 Å². The van der Waals surface area contributed by atoms with Crippen molar-refractivity contribution >= 4 is 22.3 Å². The van der Waals surface area contributed by atoms with Gasteiger partial charge in [-0.2, -0.15) is 13.2 Å². The summed E-state index contributed by atoms with van der Waals surface area (Å²) < 4.78 is 53.6. The molecule has 0 spiro atoms. The summed E-state index contributed by atoms with van der Waals surface area (Å²) in [4.78, 5) is 8.94. The Hall–Kier alpha value is -3.65. The molecule has 2 heterocycles. The Morgan fingerprint density at radius 1 is 1.04 bits per heavy atom. The summed E-state index contributed by atoms with van der Waals surface area (Å²) in [5.74, 6) is 0.0453. The van der Waals surface area contributed by atoms with Crippen LogP contribution in [-0.2, 0) is 19.4 Å². The number of aliphatic imine (C=N–C) groups is 1. The molecule has 0 bridgehead atoms. The fourth-order valence-corrected chi connectivity index (χ4v) is 5.40. The van der Waals surface area contributed by atoms with Crippen molar-refractivity contribution in [1.82, 2.24) is 9.88 Å². The van der Waals surface area contributed by atoms with E-state index >= 15 is 0 Å². The highest BCUT2D eigenvalue weighted by atomic mass is 19.4. The second-order valence-electron chi connectivity index (χ2n) is 10.4. The number of hydrogen-bond donors (Lipinski definition) is 2. The second kappa shape index (κ2) is 19.8. The quantitative estimate of drug-likeness (QED) is 0.122. The average molecular weight is 644 g/mol. The van der Waals surface area contributed by atoms with E-state index in [4.69, 9.17) is 0 Å². The molecule has 254 valence electrons. The number of benzene rings is 2. The molecule has 1 aromatic heterocycles. The Bertz CT molecular complexity index is 1470. The third-order valence-corrected chi connectivity index (χ3v) is 7.96. The van der Waals surface area contributed by atoms with Gasteiger partial charge in [-0.1, -0.05) is 72.4 Å². The number of aromatic nitrogens is 1. The predicted molar refractivity (Wildman–Crippen MR) is 188 cm³/mol. The molecule has 0 atom stereocenters. The number of hydrogen-bond acceptors (Lipinski definition) is 2. The van der Waals surface area contributed by atoms with E-state index < -0.39 is 17.6 Å². The maximum absolute atomic E-state index is 14.9. The van der Waals surface area contributed by atoms with Crippen molar-refractivity contribution in [3.8, 4) is 0 Å². The van der Waals surface area contributed by atoms with Gasteiger partial charge in [0.2, 0.25) is 0 Å². The summed E-state index contributed by atoms with van der Waals surface area (Å²) in [5, 5.41) is 10.2. The monoisotopic (exact) mass is 643 g/mol. The van der Waals surface area contributed by atoms with Gasteiger partial charge < -0.3 is 15.0 Å². The minimum atomic E-state index is -4.50. The Kier molecular flexibility index (Phi) is 17.4. The van der Waals surface area contributed by atoms with Crippen molar-refractivity contribution in [3.05, 3.63) is 100 Å². The van der Waals surface area contributed by atoms with Gasteiger partial charge in [0.15, 0.2) is 0 Å². The maximum atomic E-state index is 14.9. The van der Waals surface area contributed by atoms with Crippen molar-refractivity contribution in [2.24, 2.45) is 4.99 Å². The van der Waals surface area contributed by atoms with E-state index in [0.717, 1.165) is 49.1 Å². The largest absolute Gasteiger partial charge is 0.417 e. The first kappa shape index (κ1) is 40.4. The van der Waals surface area contributed by atoms with E-state index in [9.17, 15) is 22.7 Å². The number of H-pyrrole nitrogens is 1. The van der Waals surface area contributed by atoms with Crippen molar-refractivity contribution in [2.75, 3.05) is 13.1 Å². The zero-order chi connectivity index (χ0) is 35.0. The van der Waals surface area contributed by atoms with Crippen molar-refractivity contribution in [1.29, 1.82) is 0 Å². The molecular weight excluding hydrogens is 590 g/mol. The lowest BCUT2D eigenvalue weighted by molar-refractivity contribution is -0.0883. The minimum absolute atomic E-state index is 0.272. The maximum Gasteiger partial charge on any atom is 0.417 e. The van der Waals surface area contributed by atoms with Gasteiger partial charge in [0.1, 0.15) is 11.7 Å². The van der Waals surface area contributed by atoms with Crippen molar-refractivity contribution < 1.29 is 22.7 Å². The van der Waals surface area contributed by atoms with Gasteiger partial charge >= 0.3 is 6.18 Å². The molecule has 1 aliphatic rings. The zero-order valence-corrected chi connectivity index (χ0v) is 29.1. The molecule has 0 saturated carbocycles. The van der Waals surface area contributed by atoms with Crippen LogP contribution in [0.25, 0.3) is 16.5 Å². The van der Waals surface area contributed by atoms with Crippen LogP contribution >= 0.6 is 0 Å². The van der Waals surface area contributed by atoms with Crippen LogP contribution in [0.5, 0.6) is 0 Å². The lowest BCUT2D eigenvalue weighted by Gasteiger charge is -2.31. The lowest BCUT2D eigenvalue weighted by atomic mass is 9.92. The van der Waals surface area contributed by atoms with Gasteiger partial charge in [0, 0.05) is 42.0 Å². The molecule has 0 radical (unpaired) electrons. The van der Waals surface area contributed by atoms with Gasteiger partial charge in [0.25, 0.3) is 0 Å². The number of allylic oxidation sites excluding steroid dienone is 3. The summed E-state index contributed by atoms with van der Waals surface area (Å²) in [6.07, 6.45) is 2.57. The Balaban J connectivity index is 0.000000589. The summed E-state index contributed by atoms with van der Waals surface area (Å²) in [5.41, 5.74) is 7.01. The number of aliphatic hydroxyl groups excluding tert-OH is 1. The number of piperidine rings is 1. The molecular formula is C38H53F4N3O. The van der Waals surface area contributed by atoms with Crippen LogP contribution < -0.4 is 0 Å². The normalized spacial score (nSPS) is 14.8. The minimum Gasteiger partial charge on any atom is -0.392 e. The summed E-state index contributed by atoms with van der Waals surface area (Å²) in [6, 6.07) is 9.71. The van der Waals surface area contributed by atoms with Crippen LogP contribution in [0.2, 0.25) is 0 Å². The third-order valence-electron chi connectivity index (χ3n) is 7.96. The first-order valence-electron chi connectivity index (χ1n) is 16.3. The molecule has 4 nitrogen and oxygen atoms in total. The van der Waals surface area contributed by atoms with E-state index in [0.29, 0.717) is 41.0 Å². The van der Waals surface area contributed by atoms with Crippen molar-refractivity contribution in [3.63, 3.8) is 0 Å². The molecule has 1 aliphatic heterocycles. The van der Waals surface area contributed by atoms with Gasteiger partial charge in [-0.05, 0) is 86.4 Å². The molecule has 46 heavy (non-hydrogen) atoms. The van der Waals surface area contributed by atoms with Gasteiger partial charge in [-0.3, -0.25) is 0 Å². The number of nitrogens with zero attached hydrogens (tertiary/aromatic N) is 2. The number of nitrogens with one attached hydrogen (secondary N) is 1. The number of amidine groups is 1. The third kappa shape index (κ3) is 10.4. The molecule has 0 amide bonds. The highest BCUT2D eigenvalue weighted by Crippen LogP contribution is 2.34.